The first-order valence-electron chi connectivity index (χ1n) is 9.05. The number of nitrogens with zero attached hydrogens (tertiary/aromatic N) is 2. The summed E-state index contributed by atoms with van der Waals surface area (Å²) in [5.41, 5.74) is 3.30. The van der Waals surface area contributed by atoms with Gasteiger partial charge in [0, 0.05) is 5.69 Å². The number of carboxylic acid groups (broad SMARTS) is 1. The molecule has 0 spiro atoms. The van der Waals surface area contributed by atoms with Crippen LogP contribution < -0.4 is 10.2 Å². The molecule has 1 fully saturated rings. The molecule has 3 amide bonds. The molecular formula is C21H21N3O4S. The van der Waals surface area contributed by atoms with Gasteiger partial charge in [-0.15, -0.1) is 0 Å². The summed E-state index contributed by atoms with van der Waals surface area (Å²) in [5.74, 6) is -0.754. The highest BCUT2D eigenvalue weighted by atomic mass is 32.2. The SMILES string of the molecule is Cc1ccc(C(C)C)c(N2C(=O)CSC2=NC(=O)Nc2ccc(C(=O)O)cc2)c1. The summed E-state index contributed by atoms with van der Waals surface area (Å²) in [4.78, 5) is 41.4. The molecular weight excluding hydrogens is 390 g/mol. The number of aromatic carboxylic acids is 1. The molecule has 8 heteroatoms. The predicted molar refractivity (Wildman–Crippen MR) is 115 cm³/mol. The number of thioether (sulfide) groups is 1. The largest absolute Gasteiger partial charge is 0.478 e. The quantitative estimate of drug-likeness (QED) is 0.773. The number of carbonyl (C=O) groups excluding carboxylic acids is 2. The first kappa shape index (κ1) is 20.6. The Morgan fingerprint density at radius 1 is 1.17 bits per heavy atom. The van der Waals surface area contributed by atoms with Crippen molar-refractivity contribution in [3.63, 3.8) is 0 Å². The highest BCUT2D eigenvalue weighted by Gasteiger charge is 2.32. The van der Waals surface area contributed by atoms with Crippen LogP contribution in [0, 0.1) is 6.92 Å². The van der Waals surface area contributed by atoms with Crippen LogP contribution in [0.15, 0.2) is 47.5 Å². The Morgan fingerprint density at radius 2 is 1.86 bits per heavy atom. The van der Waals surface area contributed by atoms with E-state index in [0.717, 1.165) is 16.8 Å². The van der Waals surface area contributed by atoms with Gasteiger partial charge >= 0.3 is 12.0 Å². The monoisotopic (exact) mass is 411 g/mol. The lowest BCUT2D eigenvalue weighted by Gasteiger charge is -2.22. The van der Waals surface area contributed by atoms with Crippen LogP contribution in [0.4, 0.5) is 16.2 Å². The number of nitrogens with one attached hydrogen (secondary N) is 1. The molecule has 2 aromatic carbocycles. The van der Waals surface area contributed by atoms with Gasteiger partial charge in [-0.1, -0.05) is 37.7 Å². The van der Waals surface area contributed by atoms with Crippen LogP contribution in [0.25, 0.3) is 0 Å². The second-order valence-corrected chi connectivity index (χ2v) is 7.88. The van der Waals surface area contributed by atoms with E-state index in [-0.39, 0.29) is 23.1 Å². The molecule has 150 valence electrons. The first-order valence-corrected chi connectivity index (χ1v) is 10.0. The molecule has 0 atom stereocenters. The van der Waals surface area contributed by atoms with Gasteiger partial charge in [0.2, 0.25) is 5.91 Å². The number of carbonyl (C=O) groups is 3. The van der Waals surface area contributed by atoms with E-state index >= 15 is 0 Å². The number of benzene rings is 2. The smallest absolute Gasteiger partial charge is 0.347 e. The summed E-state index contributed by atoms with van der Waals surface area (Å²) in [6.45, 7) is 6.05. The average molecular weight is 411 g/mol. The third kappa shape index (κ3) is 4.65. The van der Waals surface area contributed by atoms with Crippen LogP contribution in [0.1, 0.15) is 41.3 Å². The zero-order valence-corrected chi connectivity index (χ0v) is 17.1. The molecule has 2 aromatic rings. The summed E-state index contributed by atoms with van der Waals surface area (Å²) >= 11 is 1.21. The van der Waals surface area contributed by atoms with Crippen LogP contribution in [0.5, 0.6) is 0 Å². The van der Waals surface area contributed by atoms with Gasteiger partial charge in [0.05, 0.1) is 17.0 Å². The Morgan fingerprint density at radius 3 is 2.48 bits per heavy atom. The zero-order chi connectivity index (χ0) is 21.1. The number of hydrogen-bond acceptors (Lipinski definition) is 4. The third-order valence-corrected chi connectivity index (χ3v) is 5.32. The van der Waals surface area contributed by atoms with Crippen LogP contribution in [-0.4, -0.2) is 33.9 Å². The minimum atomic E-state index is -1.04. The maximum atomic E-state index is 12.5. The maximum absolute atomic E-state index is 12.5. The van der Waals surface area contributed by atoms with E-state index < -0.39 is 12.0 Å². The second kappa shape index (κ2) is 8.48. The van der Waals surface area contributed by atoms with Crippen molar-refractivity contribution in [3.8, 4) is 0 Å². The molecule has 0 radical (unpaired) electrons. The molecule has 0 bridgehead atoms. The van der Waals surface area contributed by atoms with E-state index in [2.05, 4.69) is 10.3 Å². The number of amidine groups is 1. The second-order valence-electron chi connectivity index (χ2n) is 6.94. The Kier molecular flexibility index (Phi) is 6.03. The average Bonchev–Trinajstić information content (AvgIpc) is 3.01. The van der Waals surface area contributed by atoms with Crippen molar-refractivity contribution in [1.29, 1.82) is 0 Å². The van der Waals surface area contributed by atoms with E-state index in [1.54, 1.807) is 0 Å². The summed E-state index contributed by atoms with van der Waals surface area (Å²) in [6, 6.07) is 11.1. The fourth-order valence-corrected chi connectivity index (χ4v) is 3.81. The minimum absolute atomic E-state index is 0.123. The van der Waals surface area contributed by atoms with E-state index in [1.807, 2.05) is 39.0 Å². The molecule has 0 unspecified atom stereocenters. The van der Waals surface area contributed by atoms with Gasteiger partial charge in [0.25, 0.3) is 0 Å². The number of urea groups is 1. The molecule has 1 heterocycles. The highest BCUT2D eigenvalue weighted by molar-refractivity contribution is 8.15. The maximum Gasteiger partial charge on any atom is 0.347 e. The number of hydrogen-bond donors (Lipinski definition) is 2. The molecule has 29 heavy (non-hydrogen) atoms. The first-order chi connectivity index (χ1) is 13.8. The number of rotatable bonds is 4. The number of carboxylic acids is 1. The van der Waals surface area contributed by atoms with Gasteiger partial charge in [-0.05, 0) is 54.3 Å². The van der Waals surface area contributed by atoms with E-state index in [4.69, 9.17) is 5.11 Å². The van der Waals surface area contributed by atoms with Crippen molar-refractivity contribution in [1.82, 2.24) is 0 Å². The standard InChI is InChI=1S/C21H21N3O4S/c1-12(2)16-9-4-13(3)10-17(16)24-18(25)11-29-21(24)23-20(28)22-15-7-5-14(6-8-15)19(26)27/h4-10,12H,11H2,1-3H3,(H,22,28)(H,26,27). The van der Waals surface area contributed by atoms with Crippen LogP contribution in [0.3, 0.4) is 0 Å². The van der Waals surface area contributed by atoms with E-state index in [9.17, 15) is 14.4 Å². The van der Waals surface area contributed by atoms with Gasteiger partial charge in [0.1, 0.15) is 0 Å². The summed E-state index contributed by atoms with van der Waals surface area (Å²) in [7, 11) is 0. The molecule has 1 aliphatic heterocycles. The molecule has 7 nitrogen and oxygen atoms in total. The molecule has 2 N–H and O–H groups in total. The Balaban J connectivity index is 1.86. The van der Waals surface area contributed by atoms with Crippen molar-refractivity contribution in [3.05, 3.63) is 59.2 Å². The molecule has 1 saturated heterocycles. The minimum Gasteiger partial charge on any atom is -0.478 e. The van der Waals surface area contributed by atoms with Crippen molar-refractivity contribution in [2.45, 2.75) is 26.7 Å². The van der Waals surface area contributed by atoms with Crippen molar-refractivity contribution in [2.75, 3.05) is 16.0 Å². The van der Waals surface area contributed by atoms with E-state index in [0.29, 0.717) is 10.9 Å². The molecule has 0 aromatic heterocycles. The Bertz CT molecular complexity index is 999. The zero-order valence-electron chi connectivity index (χ0n) is 16.3. The number of aliphatic imine (C=N–C) groups is 1. The van der Waals surface area contributed by atoms with E-state index in [1.165, 1.54) is 40.9 Å². The number of aryl methyl sites for hydroxylation is 1. The third-order valence-electron chi connectivity index (χ3n) is 4.39. The molecule has 0 aliphatic carbocycles. The van der Waals surface area contributed by atoms with Gasteiger partial charge in [0.15, 0.2) is 5.17 Å². The molecule has 3 rings (SSSR count). The Labute approximate surface area is 172 Å². The predicted octanol–water partition coefficient (Wildman–Crippen LogP) is 4.48. The fourth-order valence-electron chi connectivity index (χ4n) is 2.95. The normalized spacial score (nSPS) is 15.2. The Hall–Kier alpha value is -3.13. The van der Waals surface area contributed by atoms with Crippen LogP contribution >= 0.6 is 11.8 Å². The summed E-state index contributed by atoms with van der Waals surface area (Å²) < 4.78 is 0. The van der Waals surface area contributed by atoms with Gasteiger partial charge in [-0.25, -0.2) is 9.59 Å². The molecule has 1 aliphatic rings. The van der Waals surface area contributed by atoms with Gasteiger partial charge in [-0.2, -0.15) is 4.99 Å². The van der Waals surface area contributed by atoms with Crippen LogP contribution in [0.2, 0.25) is 0 Å². The summed E-state index contributed by atoms with van der Waals surface area (Å²) in [6.07, 6.45) is 0. The lowest BCUT2D eigenvalue weighted by Crippen LogP contribution is -2.31. The van der Waals surface area contributed by atoms with Crippen LogP contribution in [-0.2, 0) is 4.79 Å². The van der Waals surface area contributed by atoms with Crippen molar-refractivity contribution < 1.29 is 19.5 Å². The van der Waals surface area contributed by atoms with Gasteiger partial charge < -0.3 is 10.4 Å². The highest BCUT2D eigenvalue weighted by Crippen LogP contribution is 2.34. The fraction of sp³-hybridized carbons (Fsp3) is 0.238. The number of anilines is 2. The van der Waals surface area contributed by atoms with Crippen molar-refractivity contribution >= 4 is 46.2 Å². The topological polar surface area (TPSA) is 99.1 Å². The lowest BCUT2D eigenvalue weighted by molar-refractivity contribution is -0.115. The van der Waals surface area contributed by atoms with Crippen molar-refractivity contribution in [2.24, 2.45) is 4.99 Å². The molecule has 0 saturated carbocycles. The lowest BCUT2D eigenvalue weighted by atomic mass is 9.99. The number of amides is 3. The van der Waals surface area contributed by atoms with Gasteiger partial charge in [-0.3, -0.25) is 9.69 Å². The summed E-state index contributed by atoms with van der Waals surface area (Å²) in [5, 5.41) is 11.9.